The minimum Gasteiger partial charge on any atom is -0.330 e. The van der Waals surface area contributed by atoms with Gasteiger partial charge in [-0.15, -0.1) is 0 Å². The number of thioether (sulfide) groups is 1. The lowest BCUT2D eigenvalue weighted by Crippen LogP contribution is -2.44. The van der Waals surface area contributed by atoms with Gasteiger partial charge in [-0.1, -0.05) is 0 Å². The van der Waals surface area contributed by atoms with E-state index in [-0.39, 0.29) is 10.9 Å². The number of hydrogen-bond donors (Lipinski definition) is 1. The molecule has 108 valence electrons. The summed E-state index contributed by atoms with van der Waals surface area (Å²) in [5, 5.41) is 4.09. The average Bonchev–Trinajstić information content (AvgIpc) is 2.86. The summed E-state index contributed by atoms with van der Waals surface area (Å²) in [6, 6.07) is 0.0381. The van der Waals surface area contributed by atoms with E-state index in [1.54, 1.807) is 26.9 Å². The van der Waals surface area contributed by atoms with Crippen molar-refractivity contribution in [2.24, 2.45) is 5.73 Å². The Labute approximate surface area is 118 Å². The predicted octanol–water partition coefficient (Wildman–Crippen LogP) is 0.358. The molecule has 2 N–H and O–H groups in total. The van der Waals surface area contributed by atoms with Crippen molar-refractivity contribution >= 4 is 21.8 Å². The molecule has 2 rings (SSSR count). The van der Waals surface area contributed by atoms with Gasteiger partial charge in [-0.25, -0.2) is 8.42 Å². The van der Waals surface area contributed by atoms with Crippen LogP contribution in [0.15, 0.2) is 17.3 Å². The van der Waals surface area contributed by atoms with E-state index in [1.807, 2.05) is 6.92 Å². The first-order valence-corrected chi connectivity index (χ1v) is 8.97. The van der Waals surface area contributed by atoms with Crippen molar-refractivity contribution in [1.29, 1.82) is 0 Å². The molecule has 8 heteroatoms. The molecule has 0 aromatic carbocycles. The molecule has 1 aromatic heterocycles. The smallest absolute Gasteiger partial charge is 0.246 e. The summed E-state index contributed by atoms with van der Waals surface area (Å²) in [5.74, 6) is 1.70. The highest BCUT2D eigenvalue weighted by molar-refractivity contribution is 7.99. The number of aromatic nitrogens is 2. The minimum absolute atomic E-state index is 0.0381. The lowest BCUT2D eigenvalue weighted by Gasteiger charge is -2.31. The molecule has 1 atom stereocenters. The fraction of sp³-hybridized carbons (Fsp3) is 0.727. The Morgan fingerprint density at radius 1 is 1.58 bits per heavy atom. The van der Waals surface area contributed by atoms with Gasteiger partial charge < -0.3 is 5.73 Å². The monoisotopic (exact) mass is 304 g/mol. The van der Waals surface area contributed by atoms with E-state index < -0.39 is 10.0 Å². The maximum absolute atomic E-state index is 12.5. The standard InChI is InChI=1S/C11H20N4O2S2/c1-10-9-18-6-5-15(10)19(16,17)11-7-13-14(8-11)4-2-3-12/h7-8,10H,2-6,9,12H2,1H3. The molecule has 0 bridgehead atoms. The topological polar surface area (TPSA) is 81.2 Å². The summed E-state index contributed by atoms with van der Waals surface area (Å²) in [6.07, 6.45) is 3.82. The van der Waals surface area contributed by atoms with E-state index in [4.69, 9.17) is 5.73 Å². The molecule has 0 aliphatic carbocycles. The molecule has 0 spiro atoms. The Bertz CT molecular complexity index is 515. The van der Waals surface area contributed by atoms with Gasteiger partial charge in [0.2, 0.25) is 10.0 Å². The summed E-state index contributed by atoms with van der Waals surface area (Å²) in [7, 11) is -3.41. The van der Waals surface area contributed by atoms with Crippen LogP contribution >= 0.6 is 11.8 Å². The second-order valence-electron chi connectivity index (χ2n) is 4.62. The molecule has 19 heavy (non-hydrogen) atoms. The maximum atomic E-state index is 12.5. The molecule has 6 nitrogen and oxygen atoms in total. The van der Waals surface area contributed by atoms with Crippen molar-refractivity contribution in [2.45, 2.75) is 30.8 Å². The normalized spacial score (nSPS) is 21.7. The highest BCUT2D eigenvalue weighted by Crippen LogP contribution is 2.24. The van der Waals surface area contributed by atoms with Gasteiger partial charge in [0.25, 0.3) is 0 Å². The van der Waals surface area contributed by atoms with Crippen LogP contribution in [0, 0.1) is 0 Å². The van der Waals surface area contributed by atoms with Crippen molar-refractivity contribution < 1.29 is 8.42 Å². The first-order chi connectivity index (χ1) is 9.05. The van der Waals surface area contributed by atoms with Crippen LogP contribution in [-0.2, 0) is 16.6 Å². The van der Waals surface area contributed by atoms with E-state index in [2.05, 4.69) is 5.10 Å². The third kappa shape index (κ3) is 3.31. The van der Waals surface area contributed by atoms with Gasteiger partial charge in [-0.3, -0.25) is 4.68 Å². The summed E-state index contributed by atoms with van der Waals surface area (Å²) in [4.78, 5) is 0.281. The molecule has 1 aliphatic heterocycles. The average molecular weight is 304 g/mol. The molecule has 0 radical (unpaired) electrons. The van der Waals surface area contributed by atoms with Crippen LogP contribution in [0.5, 0.6) is 0 Å². The predicted molar refractivity (Wildman–Crippen MR) is 76.6 cm³/mol. The highest BCUT2D eigenvalue weighted by Gasteiger charge is 2.32. The second-order valence-corrected chi connectivity index (χ2v) is 7.66. The Morgan fingerprint density at radius 3 is 3.05 bits per heavy atom. The van der Waals surface area contributed by atoms with E-state index >= 15 is 0 Å². The van der Waals surface area contributed by atoms with Crippen molar-refractivity contribution in [3.8, 4) is 0 Å². The van der Waals surface area contributed by atoms with E-state index in [0.29, 0.717) is 19.6 Å². The molecule has 0 saturated carbocycles. The van der Waals surface area contributed by atoms with Crippen LogP contribution in [0.25, 0.3) is 0 Å². The van der Waals surface area contributed by atoms with Crippen molar-refractivity contribution in [3.63, 3.8) is 0 Å². The van der Waals surface area contributed by atoms with Gasteiger partial charge in [0.15, 0.2) is 0 Å². The van der Waals surface area contributed by atoms with Gasteiger partial charge in [-0.2, -0.15) is 21.2 Å². The van der Waals surface area contributed by atoms with E-state index in [9.17, 15) is 8.42 Å². The maximum Gasteiger partial charge on any atom is 0.246 e. The number of nitrogens with two attached hydrogens (primary N) is 1. The SMILES string of the molecule is CC1CSCCN1S(=O)(=O)c1cnn(CCCN)c1. The fourth-order valence-electron chi connectivity index (χ4n) is 2.06. The van der Waals surface area contributed by atoms with Gasteiger partial charge in [0.05, 0.1) is 6.20 Å². The first kappa shape index (κ1) is 14.8. The Hall–Kier alpha value is -0.570. The molecule has 2 heterocycles. The van der Waals surface area contributed by atoms with Gasteiger partial charge in [0.1, 0.15) is 4.90 Å². The van der Waals surface area contributed by atoms with E-state index in [1.165, 1.54) is 6.20 Å². The lowest BCUT2D eigenvalue weighted by molar-refractivity contribution is 0.367. The molecular weight excluding hydrogens is 284 g/mol. The quantitative estimate of drug-likeness (QED) is 0.849. The van der Waals surface area contributed by atoms with Crippen LogP contribution < -0.4 is 5.73 Å². The summed E-state index contributed by atoms with van der Waals surface area (Å²) in [6.45, 7) is 3.74. The van der Waals surface area contributed by atoms with Crippen LogP contribution in [0.3, 0.4) is 0 Å². The molecule has 1 unspecified atom stereocenters. The minimum atomic E-state index is -3.41. The number of nitrogens with zero attached hydrogens (tertiary/aromatic N) is 3. The summed E-state index contributed by atoms with van der Waals surface area (Å²) < 4.78 is 28.3. The number of aryl methyl sites for hydroxylation is 1. The van der Waals surface area contributed by atoms with Crippen molar-refractivity contribution in [3.05, 3.63) is 12.4 Å². The zero-order valence-electron chi connectivity index (χ0n) is 11.0. The molecule has 0 amide bonds. The number of hydrogen-bond acceptors (Lipinski definition) is 5. The summed E-state index contributed by atoms with van der Waals surface area (Å²) in [5.41, 5.74) is 5.43. The van der Waals surface area contributed by atoms with Crippen LogP contribution in [0.1, 0.15) is 13.3 Å². The Morgan fingerprint density at radius 2 is 2.37 bits per heavy atom. The third-order valence-electron chi connectivity index (χ3n) is 3.11. The Balaban J connectivity index is 2.16. The van der Waals surface area contributed by atoms with Crippen molar-refractivity contribution in [1.82, 2.24) is 14.1 Å². The molecular formula is C11H20N4O2S2. The van der Waals surface area contributed by atoms with Gasteiger partial charge >= 0.3 is 0 Å². The van der Waals surface area contributed by atoms with Gasteiger partial charge in [-0.05, 0) is 19.9 Å². The Kier molecular flexibility index (Phi) is 4.88. The van der Waals surface area contributed by atoms with Gasteiger partial charge in [0, 0.05) is 36.8 Å². The fourth-order valence-corrected chi connectivity index (χ4v) is 4.87. The second kappa shape index (κ2) is 6.25. The first-order valence-electron chi connectivity index (χ1n) is 6.38. The van der Waals surface area contributed by atoms with Crippen LogP contribution in [0.2, 0.25) is 0 Å². The number of sulfonamides is 1. The largest absolute Gasteiger partial charge is 0.330 e. The lowest BCUT2D eigenvalue weighted by atomic mass is 10.4. The van der Waals surface area contributed by atoms with Crippen LogP contribution in [0.4, 0.5) is 0 Å². The summed E-state index contributed by atoms with van der Waals surface area (Å²) >= 11 is 1.79. The third-order valence-corrected chi connectivity index (χ3v) is 6.27. The zero-order valence-corrected chi connectivity index (χ0v) is 12.7. The van der Waals surface area contributed by atoms with E-state index in [0.717, 1.165) is 17.9 Å². The molecule has 1 aromatic rings. The zero-order chi connectivity index (χ0) is 13.9. The van der Waals surface area contributed by atoms with Crippen molar-refractivity contribution in [2.75, 3.05) is 24.6 Å². The number of rotatable bonds is 5. The molecule has 1 fully saturated rings. The molecule has 1 saturated heterocycles. The van der Waals surface area contributed by atoms with Crippen LogP contribution in [-0.4, -0.2) is 53.1 Å². The molecule has 1 aliphatic rings. The highest BCUT2D eigenvalue weighted by atomic mass is 32.2.